The minimum Gasteiger partial charge on any atom is -0.396 e. The first-order valence-electron chi connectivity index (χ1n) is 5.10. The van der Waals surface area contributed by atoms with E-state index in [1.165, 1.54) is 25.7 Å². The zero-order chi connectivity index (χ0) is 9.03. The van der Waals surface area contributed by atoms with Crippen molar-refractivity contribution >= 4 is 0 Å². The van der Waals surface area contributed by atoms with E-state index >= 15 is 0 Å². The van der Waals surface area contributed by atoms with Gasteiger partial charge >= 0.3 is 0 Å². The predicted molar refractivity (Wildman–Crippen MR) is 51.1 cm³/mol. The molecule has 0 atom stereocenters. The zero-order valence-corrected chi connectivity index (χ0v) is 8.27. The van der Waals surface area contributed by atoms with E-state index in [1.54, 1.807) is 0 Å². The van der Waals surface area contributed by atoms with Crippen molar-refractivity contribution in [1.82, 2.24) is 5.32 Å². The van der Waals surface area contributed by atoms with E-state index in [1.807, 2.05) is 0 Å². The van der Waals surface area contributed by atoms with E-state index in [9.17, 15) is 0 Å². The molecule has 0 aromatic heterocycles. The summed E-state index contributed by atoms with van der Waals surface area (Å²) >= 11 is 0. The number of rotatable bonds is 6. The van der Waals surface area contributed by atoms with Gasteiger partial charge in [-0.15, -0.1) is 0 Å². The van der Waals surface area contributed by atoms with E-state index in [-0.39, 0.29) is 5.41 Å². The maximum absolute atomic E-state index is 9.07. The van der Waals surface area contributed by atoms with Crippen LogP contribution in [0.2, 0.25) is 0 Å². The van der Waals surface area contributed by atoms with Crippen LogP contribution in [0, 0.1) is 5.41 Å². The summed E-state index contributed by atoms with van der Waals surface area (Å²) in [6.45, 7) is 5.79. The van der Waals surface area contributed by atoms with Gasteiger partial charge in [0.15, 0.2) is 0 Å². The van der Waals surface area contributed by atoms with E-state index in [0.29, 0.717) is 12.6 Å². The Kier molecular flexibility index (Phi) is 3.53. The van der Waals surface area contributed by atoms with Crippen LogP contribution in [0.15, 0.2) is 0 Å². The molecule has 1 fully saturated rings. The van der Waals surface area contributed by atoms with Gasteiger partial charge in [0, 0.05) is 24.6 Å². The molecule has 0 aromatic rings. The fraction of sp³-hybridized carbons (Fsp3) is 1.00. The average Bonchev–Trinajstić information content (AvgIpc) is 2.87. The Labute approximate surface area is 75.4 Å². The molecule has 2 N–H and O–H groups in total. The third kappa shape index (κ3) is 2.46. The van der Waals surface area contributed by atoms with Crippen LogP contribution in [-0.2, 0) is 0 Å². The van der Waals surface area contributed by atoms with Crippen LogP contribution < -0.4 is 5.32 Å². The molecule has 0 radical (unpaired) electrons. The molecular formula is C10H21NO. The number of aliphatic hydroxyl groups is 1. The van der Waals surface area contributed by atoms with Gasteiger partial charge < -0.3 is 10.4 Å². The molecule has 2 heteroatoms. The molecular weight excluding hydrogens is 150 g/mol. The lowest BCUT2D eigenvalue weighted by Gasteiger charge is -2.19. The number of hydrogen-bond donors (Lipinski definition) is 2. The Hall–Kier alpha value is -0.0800. The summed E-state index contributed by atoms with van der Waals surface area (Å²) in [5.74, 6) is 0. The molecule has 0 heterocycles. The van der Waals surface area contributed by atoms with E-state index < -0.39 is 0 Å². The van der Waals surface area contributed by atoms with Gasteiger partial charge in [0.1, 0.15) is 0 Å². The molecule has 12 heavy (non-hydrogen) atoms. The van der Waals surface area contributed by atoms with Crippen LogP contribution in [0.25, 0.3) is 0 Å². The van der Waals surface area contributed by atoms with Gasteiger partial charge in [-0.1, -0.05) is 13.8 Å². The molecule has 1 aliphatic carbocycles. The highest BCUT2D eigenvalue weighted by atomic mass is 16.3. The average molecular weight is 171 g/mol. The third-order valence-electron chi connectivity index (χ3n) is 3.04. The van der Waals surface area contributed by atoms with Gasteiger partial charge in [-0.05, 0) is 25.7 Å². The SMILES string of the molecule is CCC(CC)NCC1(CO)CC1. The number of aliphatic hydroxyl groups excluding tert-OH is 1. The molecule has 72 valence electrons. The standard InChI is InChI=1S/C10H21NO/c1-3-9(4-2)11-7-10(8-12)5-6-10/h9,11-12H,3-8H2,1-2H3. The Morgan fingerprint density at radius 2 is 1.92 bits per heavy atom. The maximum Gasteiger partial charge on any atom is 0.0499 e. The van der Waals surface area contributed by atoms with E-state index in [0.717, 1.165) is 6.54 Å². The minimum absolute atomic E-state index is 0.266. The van der Waals surface area contributed by atoms with Crippen molar-refractivity contribution in [2.24, 2.45) is 5.41 Å². The summed E-state index contributed by atoms with van der Waals surface area (Å²) in [7, 11) is 0. The van der Waals surface area contributed by atoms with Crippen molar-refractivity contribution in [2.75, 3.05) is 13.2 Å². The Bertz CT molecular complexity index is 128. The van der Waals surface area contributed by atoms with E-state index in [2.05, 4.69) is 19.2 Å². The molecule has 0 unspecified atom stereocenters. The lowest BCUT2D eigenvalue weighted by atomic mass is 10.1. The summed E-state index contributed by atoms with van der Waals surface area (Å²) in [5, 5.41) is 12.6. The second-order valence-electron chi connectivity index (χ2n) is 4.05. The van der Waals surface area contributed by atoms with Gasteiger partial charge in [0.05, 0.1) is 0 Å². The highest BCUT2D eigenvalue weighted by molar-refractivity contribution is 4.94. The first kappa shape index (κ1) is 10.0. The van der Waals surface area contributed by atoms with Crippen LogP contribution in [0.3, 0.4) is 0 Å². The molecule has 0 saturated heterocycles. The summed E-state index contributed by atoms with van der Waals surface area (Å²) in [4.78, 5) is 0. The Balaban J connectivity index is 2.15. The molecule has 0 amide bonds. The molecule has 0 aromatic carbocycles. The minimum atomic E-state index is 0.266. The van der Waals surface area contributed by atoms with Gasteiger partial charge in [-0.2, -0.15) is 0 Å². The molecule has 0 spiro atoms. The second kappa shape index (κ2) is 4.24. The molecule has 1 aliphatic rings. The van der Waals surface area contributed by atoms with Crippen molar-refractivity contribution in [2.45, 2.75) is 45.6 Å². The Morgan fingerprint density at radius 3 is 2.25 bits per heavy atom. The fourth-order valence-electron chi connectivity index (χ4n) is 1.51. The Morgan fingerprint density at radius 1 is 1.33 bits per heavy atom. The number of nitrogens with one attached hydrogen (secondary N) is 1. The zero-order valence-electron chi connectivity index (χ0n) is 8.27. The van der Waals surface area contributed by atoms with Crippen molar-refractivity contribution in [3.63, 3.8) is 0 Å². The number of hydrogen-bond acceptors (Lipinski definition) is 2. The fourth-order valence-corrected chi connectivity index (χ4v) is 1.51. The lowest BCUT2D eigenvalue weighted by molar-refractivity contribution is 0.203. The van der Waals surface area contributed by atoms with Crippen molar-refractivity contribution < 1.29 is 5.11 Å². The predicted octanol–water partition coefficient (Wildman–Crippen LogP) is 1.54. The highest BCUT2D eigenvalue weighted by Gasteiger charge is 2.41. The first-order valence-corrected chi connectivity index (χ1v) is 5.10. The van der Waals surface area contributed by atoms with Crippen molar-refractivity contribution in [3.8, 4) is 0 Å². The summed E-state index contributed by atoms with van der Waals surface area (Å²) < 4.78 is 0. The largest absolute Gasteiger partial charge is 0.396 e. The van der Waals surface area contributed by atoms with Gasteiger partial charge in [0.25, 0.3) is 0 Å². The summed E-state index contributed by atoms with van der Waals surface area (Å²) in [5.41, 5.74) is 0.266. The van der Waals surface area contributed by atoms with Crippen LogP contribution >= 0.6 is 0 Å². The third-order valence-corrected chi connectivity index (χ3v) is 3.04. The first-order chi connectivity index (χ1) is 5.76. The highest BCUT2D eigenvalue weighted by Crippen LogP contribution is 2.44. The molecule has 2 nitrogen and oxygen atoms in total. The normalized spacial score (nSPS) is 20.0. The lowest BCUT2D eigenvalue weighted by Crippen LogP contribution is -2.34. The van der Waals surface area contributed by atoms with Gasteiger partial charge in [-0.25, -0.2) is 0 Å². The second-order valence-corrected chi connectivity index (χ2v) is 4.05. The molecule has 0 aliphatic heterocycles. The summed E-state index contributed by atoms with van der Waals surface area (Å²) in [6.07, 6.45) is 4.79. The molecule has 1 saturated carbocycles. The van der Waals surface area contributed by atoms with Gasteiger partial charge in [-0.3, -0.25) is 0 Å². The van der Waals surface area contributed by atoms with Gasteiger partial charge in [0.2, 0.25) is 0 Å². The van der Waals surface area contributed by atoms with Crippen LogP contribution in [0.1, 0.15) is 39.5 Å². The topological polar surface area (TPSA) is 32.3 Å². The maximum atomic E-state index is 9.07. The van der Waals surface area contributed by atoms with Crippen LogP contribution in [-0.4, -0.2) is 24.3 Å². The summed E-state index contributed by atoms with van der Waals surface area (Å²) in [6, 6.07) is 0.647. The van der Waals surface area contributed by atoms with E-state index in [4.69, 9.17) is 5.11 Å². The monoisotopic (exact) mass is 171 g/mol. The molecule has 1 rings (SSSR count). The van der Waals surface area contributed by atoms with Crippen LogP contribution in [0.5, 0.6) is 0 Å². The quantitative estimate of drug-likeness (QED) is 0.635. The van der Waals surface area contributed by atoms with Crippen molar-refractivity contribution in [3.05, 3.63) is 0 Å². The smallest absolute Gasteiger partial charge is 0.0499 e. The molecule has 0 bridgehead atoms. The van der Waals surface area contributed by atoms with Crippen LogP contribution in [0.4, 0.5) is 0 Å². The van der Waals surface area contributed by atoms with Crippen molar-refractivity contribution in [1.29, 1.82) is 0 Å².